The first-order valence-corrected chi connectivity index (χ1v) is 7.61. The summed E-state index contributed by atoms with van der Waals surface area (Å²) in [5.41, 5.74) is 4.28. The highest BCUT2D eigenvalue weighted by Crippen LogP contribution is 2.30. The molecule has 24 heavy (non-hydrogen) atoms. The molecule has 8 heteroatoms. The van der Waals surface area contributed by atoms with E-state index in [0.717, 1.165) is 22.5 Å². The molecule has 3 rings (SSSR count). The summed E-state index contributed by atoms with van der Waals surface area (Å²) in [6, 6.07) is 7.37. The standard InChI is InChI=1S/C16H15ClN6O/c1-9-11(14-8-18-23(3)22-14)5-4-6-12(9)19-13-7-15(17)20-21-16(13)10(2)24/h4-8H,1-3H3,(H,19,20). The summed E-state index contributed by atoms with van der Waals surface area (Å²) in [5, 5.41) is 19.5. The lowest BCUT2D eigenvalue weighted by Crippen LogP contribution is -2.06. The molecule has 122 valence electrons. The fourth-order valence-corrected chi connectivity index (χ4v) is 2.53. The second-order valence-electron chi connectivity index (χ2n) is 5.31. The summed E-state index contributed by atoms with van der Waals surface area (Å²) in [6.07, 6.45) is 1.71. The molecule has 3 aromatic rings. The molecule has 0 unspecified atom stereocenters. The fraction of sp³-hybridized carbons (Fsp3) is 0.188. The third-order valence-electron chi connectivity index (χ3n) is 3.58. The van der Waals surface area contributed by atoms with Crippen LogP contribution in [0.1, 0.15) is 23.0 Å². The summed E-state index contributed by atoms with van der Waals surface area (Å²) in [4.78, 5) is 13.2. The quantitative estimate of drug-likeness (QED) is 0.733. The molecule has 0 saturated heterocycles. The average molecular weight is 343 g/mol. The molecule has 0 fully saturated rings. The second kappa shape index (κ2) is 6.37. The number of nitrogens with one attached hydrogen (secondary N) is 1. The lowest BCUT2D eigenvalue weighted by Gasteiger charge is -2.13. The van der Waals surface area contributed by atoms with E-state index in [4.69, 9.17) is 11.6 Å². The molecule has 0 spiro atoms. The summed E-state index contributed by atoms with van der Waals surface area (Å²) < 4.78 is 0. The number of nitrogens with zero attached hydrogens (tertiary/aromatic N) is 5. The molecule has 0 saturated carbocycles. The van der Waals surface area contributed by atoms with Crippen molar-refractivity contribution in [1.82, 2.24) is 25.2 Å². The Labute approximate surface area is 143 Å². The first-order chi connectivity index (χ1) is 11.5. The zero-order valence-corrected chi connectivity index (χ0v) is 14.2. The van der Waals surface area contributed by atoms with Crippen LogP contribution in [-0.4, -0.2) is 31.0 Å². The summed E-state index contributed by atoms with van der Waals surface area (Å²) in [5.74, 6) is -0.190. The van der Waals surface area contributed by atoms with Crippen molar-refractivity contribution in [2.45, 2.75) is 13.8 Å². The maximum Gasteiger partial charge on any atom is 0.182 e. The van der Waals surface area contributed by atoms with Crippen LogP contribution in [-0.2, 0) is 7.05 Å². The van der Waals surface area contributed by atoms with Crippen LogP contribution in [0, 0.1) is 6.92 Å². The van der Waals surface area contributed by atoms with E-state index in [-0.39, 0.29) is 16.6 Å². The van der Waals surface area contributed by atoms with Gasteiger partial charge in [-0.1, -0.05) is 23.7 Å². The average Bonchev–Trinajstić information content (AvgIpc) is 2.95. The van der Waals surface area contributed by atoms with Gasteiger partial charge in [0.1, 0.15) is 5.69 Å². The molecule has 1 aromatic carbocycles. The van der Waals surface area contributed by atoms with Gasteiger partial charge in [0.2, 0.25) is 0 Å². The minimum absolute atomic E-state index is 0.190. The first-order valence-electron chi connectivity index (χ1n) is 7.23. The van der Waals surface area contributed by atoms with Gasteiger partial charge >= 0.3 is 0 Å². The van der Waals surface area contributed by atoms with Crippen LogP contribution in [0.4, 0.5) is 11.4 Å². The van der Waals surface area contributed by atoms with Crippen LogP contribution >= 0.6 is 11.6 Å². The SMILES string of the molecule is CC(=O)c1nnc(Cl)cc1Nc1cccc(-c2cnn(C)n2)c1C. The molecule has 0 aliphatic carbocycles. The molecule has 0 aliphatic rings. The van der Waals surface area contributed by atoms with E-state index >= 15 is 0 Å². The first kappa shape index (κ1) is 16.1. The van der Waals surface area contributed by atoms with E-state index in [0.29, 0.717) is 5.69 Å². The predicted molar refractivity (Wildman–Crippen MR) is 91.5 cm³/mol. The van der Waals surface area contributed by atoms with Crippen molar-refractivity contribution in [3.05, 3.63) is 46.9 Å². The summed E-state index contributed by atoms with van der Waals surface area (Å²) >= 11 is 5.91. The third-order valence-corrected chi connectivity index (χ3v) is 3.76. The van der Waals surface area contributed by atoms with Gasteiger partial charge in [-0.3, -0.25) is 4.79 Å². The van der Waals surface area contributed by atoms with E-state index in [1.54, 1.807) is 19.3 Å². The number of rotatable bonds is 4. The number of hydrogen-bond acceptors (Lipinski definition) is 6. The van der Waals surface area contributed by atoms with Gasteiger partial charge in [0.25, 0.3) is 0 Å². The van der Waals surface area contributed by atoms with E-state index in [1.807, 2.05) is 25.1 Å². The molecule has 2 aromatic heterocycles. The van der Waals surface area contributed by atoms with Gasteiger partial charge in [-0.15, -0.1) is 10.2 Å². The molecule has 0 bridgehead atoms. The Morgan fingerprint density at radius 3 is 2.71 bits per heavy atom. The van der Waals surface area contributed by atoms with Crippen molar-refractivity contribution in [3.63, 3.8) is 0 Å². The van der Waals surface area contributed by atoms with Crippen LogP contribution in [0.2, 0.25) is 5.15 Å². The molecule has 0 atom stereocenters. The molecule has 1 N–H and O–H groups in total. The van der Waals surface area contributed by atoms with E-state index in [9.17, 15) is 4.79 Å². The smallest absolute Gasteiger partial charge is 0.182 e. The molecular weight excluding hydrogens is 328 g/mol. The van der Waals surface area contributed by atoms with Gasteiger partial charge in [0, 0.05) is 31.3 Å². The van der Waals surface area contributed by atoms with E-state index in [2.05, 4.69) is 25.7 Å². The molecule has 2 heterocycles. The van der Waals surface area contributed by atoms with Gasteiger partial charge in [0.05, 0.1) is 11.9 Å². The van der Waals surface area contributed by atoms with Gasteiger partial charge in [-0.25, -0.2) is 0 Å². The van der Waals surface area contributed by atoms with E-state index in [1.165, 1.54) is 11.7 Å². The number of carbonyl (C=O) groups is 1. The zero-order valence-electron chi connectivity index (χ0n) is 13.4. The Balaban J connectivity index is 2.03. The number of aryl methyl sites for hydroxylation is 1. The maximum atomic E-state index is 11.7. The van der Waals surface area contributed by atoms with Crippen molar-refractivity contribution in [2.75, 3.05) is 5.32 Å². The van der Waals surface area contributed by atoms with Crippen molar-refractivity contribution in [2.24, 2.45) is 7.05 Å². The lowest BCUT2D eigenvalue weighted by molar-refractivity contribution is 0.101. The van der Waals surface area contributed by atoms with Crippen molar-refractivity contribution >= 4 is 28.8 Å². The lowest BCUT2D eigenvalue weighted by atomic mass is 10.0. The molecule has 7 nitrogen and oxygen atoms in total. The fourth-order valence-electron chi connectivity index (χ4n) is 2.39. The van der Waals surface area contributed by atoms with Gasteiger partial charge < -0.3 is 5.32 Å². The summed E-state index contributed by atoms with van der Waals surface area (Å²) in [7, 11) is 1.77. The Bertz CT molecular complexity index is 921. The predicted octanol–water partition coefficient (Wildman–Crippen LogP) is 3.18. The number of aromatic nitrogens is 5. The van der Waals surface area contributed by atoms with Crippen LogP contribution < -0.4 is 5.32 Å². The largest absolute Gasteiger partial charge is 0.353 e. The normalized spacial score (nSPS) is 10.7. The monoisotopic (exact) mass is 342 g/mol. The Morgan fingerprint density at radius 2 is 2.04 bits per heavy atom. The zero-order chi connectivity index (χ0) is 17.3. The molecule has 0 amide bonds. The number of benzene rings is 1. The van der Waals surface area contributed by atoms with Crippen molar-refractivity contribution in [1.29, 1.82) is 0 Å². The molecular formula is C16H15ClN6O. The van der Waals surface area contributed by atoms with E-state index < -0.39 is 0 Å². The highest BCUT2D eigenvalue weighted by atomic mass is 35.5. The number of ketones is 1. The molecule has 0 radical (unpaired) electrons. The van der Waals surface area contributed by atoms with Crippen LogP contribution in [0.15, 0.2) is 30.5 Å². The van der Waals surface area contributed by atoms with Crippen LogP contribution in [0.5, 0.6) is 0 Å². The summed E-state index contributed by atoms with van der Waals surface area (Å²) in [6.45, 7) is 3.40. The Hall–Kier alpha value is -2.80. The maximum absolute atomic E-state index is 11.7. The number of hydrogen-bond donors (Lipinski definition) is 1. The number of carbonyl (C=O) groups excluding carboxylic acids is 1. The highest BCUT2D eigenvalue weighted by molar-refractivity contribution is 6.29. The van der Waals surface area contributed by atoms with Gasteiger partial charge in [0.15, 0.2) is 16.6 Å². The van der Waals surface area contributed by atoms with Crippen molar-refractivity contribution in [3.8, 4) is 11.3 Å². The number of Topliss-reactive ketones (excluding diaryl/α,β-unsaturated/α-hetero) is 1. The van der Waals surface area contributed by atoms with Gasteiger partial charge in [-0.2, -0.15) is 15.0 Å². The third kappa shape index (κ3) is 3.11. The second-order valence-corrected chi connectivity index (χ2v) is 5.70. The van der Waals surface area contributed by atoms with Gasteiger partial charge in [-0.05, 0) is 18.6 Å². The number of halogens is 1. The molecule has 0 aliphatic heterocycles. The van der Waals surface area contributed by atoms with Crippen molar-refractivity contribution < 1.29 is 4.79 Å². The number of anilines is 2. The Morgan fingerprint density at radius 1 is 1.25 bits per heavy atom. The minimum atomic E-state index is -0.190. The van der Waals surface area contributed by atoms with Crippen LogP contribution in [0.3, 0.4) is 0 Å². The Kier molecular flexibility index (Phi) is 4.26. The minimum Gasteiger partial charge on any atom is -0.353 e. The van der Waals surface area contributed by atoms with Crippen LogP contribution in [0.25, 0.3) is 11.3 Å². The topological polar surface area (TPSA) is 85.6 Å². The highest BCUT2D eigenvalue weighted by Gasteiger charge is 2.14.